The Labute approximate surface area is 203 Å². The van der Waals surface area contributed by atoms with E-state index >= 15 is 0 Å². The molecule has 4 rings (SSSR count). The summed E-state index contributed by atoms with van der Waals surface area (Å²) in [4.78, 5) is 34.3. The van der Waals surface area contributed by atoms with Crippen molar-refractivity contribution in [1.29, 1.82) is 0 Å². The van der Waals surface area contributed by atoms with Gasteiger partial charge in [-0.15, -0.1) is 24.0 Å². The van der Waals surface area contributed by atoms with Gasteiger partial charge in [0, 0.05) is 38.8 Å². The van der Waals surface area contributed by atoms with Gasteiger partial charge in [-0.1, -0.05) is 18.6 Å². The third kappa shape index (κ3) is 5.26. The number of hydrogen-bond donors (Lipinski definition) is 2. The average molecular weight is 543 g/mol. The number of hydrogen-bond acceptors (Lipinski definition) is 4. The molecule has 4 aliphatic rings. The molecule has 5 unspecified atom stereocenters. The minimum atomic E-state index is -0.105. The second-order valence-corrected chi connectivity index (χ2v) is 9.25. The largest absolute Gasteiger partial charge is 0.357 e. The molecule has 5 atom stereocenters. The number of fused-ring (bicyclic) bond motifs is 5. The molecule has 2 amide bonds. The van der Waals surface area contributed by atoms with Crippen LogP contribution in [0.15, 0.2) is 17.1 Å². The summed E-state index contributed by atoms with van der Waals surface area (Å²) in [6, 6.07) is 0.689. The van der Waals surface area contributed by atoms with Crippen LogP contribution in [0.2, 0.25) is 0 Å². The molecule has 0 aromatic rings. The smallest absolute Gasteiger partial charge is 0.233 e. The summed E-state index contributed by atoms with van der Waals surface area (Å²) in [6.45, 7) is 9.19. The Morgan fingerprint density at radius 3 is 2.45 bits per heavy atom. The van der Waals surface area contributed by atoms with Gasteiger partial charge in [0.2, 0.25) is 11.8 Å². The Bertz CT molecular complexity index is 682. The molecule has 0 spiro atoms. The van der Waals surface area contributed by atoms with E-state index in [4.69, 9.17) is 0 Å². The van der Waals surface area contributed by atoms with E-state index in [1.54, 1.807) is 0 Å². The van der Waals surface area contributed by atoms with Crippen LogP contribution < -0.4 is 10.6 Å². The Morgan fingerprint density at radius 1 is 1.10 bits per heavy atom. The van der Waals surface area contributed by atoms with Crippen molar-refractivity contribution in [3.8, 4) is 0 Å². The molecular formula is C23H38IN5O2. The molecule has 2 saturated heterocycles. The van der Waals surface area contributed by atoms with Crippen LogP contribution in [0.4, 0.5) is 0 Å². The van der Waals surface area contributed by atoms with E-state index in [0.29, 0.717) is 19.1 Å². The lowest BCUT2D eigenvalue weighted by Crippen LogP contribution is -2.44. The van der Waals surface area contributed by atoms with Crippen molar-refractivity contribution in [2.24, 2.45) is 28.7 Å². The summed E-state index contributed by atoms with van der Waals surface area (Å²) in [5.74, 6) is 1.16. The zero-order valence-electron chi connectivity index (χ0n) is 18.9. The number of halogens is 1. The van der Waals surface area contributed by atoms with Crippen LogP contribution in [0.25, 0.3) is 0 Å². The number of amides is 2. The van der Waals surface area contributed by atoms with Crippen LogP contribution in [0, 0.1) is 23.7 Å². The number of likely N-dealkylation sites (tertiary alicyclic amines) is 2. The average Bonchev–Trinajstić information content (AvgIpc) is 3.42. The maximum Gasteiger partial charge on any atom is 0.233 e. The molecule has 31 heavy (non-hydrogen) atoms. The molecule has 8 heteroatoms. The maximum absolute atomic E-state index is 12.8. The van der Waals surface area contributed by atoms with E-state index in [0.717, 1.165) is 38.4 Å². The van der Waals surface area contributed by atoms with Crippen LogP contribution in [-0.2, 0) is 9.59 Å². The van der Waals surface area contributed by atoms with Crippen molar-refractivity contribution < 1.29 is 9.59 Å². The topological polar surface area (TPSA) is 77.0 Å². The van der Waals surface area contributed by atoms with E-state index in [-0.39, 0.29) is 59.5 Å². The van der Waals surface area contributed by atoms with Crippen molar-refractivity contribution in [3.05, 3.63) is 12.2 Å². The Hall–Kier alpha value is -1.16. The van der Waals surface area contributed by atoms with Crippen LogP contribution >= 0.6 is 24.0 Å². The lowest BCUT2D eigenvalue weighted by Gasteiger charge is -2.33. The number of nitrogens with one attached hydrogen (secondary N) is 2. The molecule has 1 saturated carbocycles. The van der Waals surface area contributed by atoms with Crippen molar-refractivity contribution >= 4 is 41.8 Å². The Kier molecular flexibility index (Phi) is 8.78. The molecule has 2 N–H and O–H groups in total. The summed E-state index contributed by atoms with van der Waals surface area (Å²) < 4.78 is 0. The first-order valence-corrected chi connectivity index (χ1v) is 11.9. The van der Waals surface area contributed by atoms with Crippen molar-refractivity contribution in [2.45, 2.75) is 52.0 Å². The molecule has 2 aliphatic carbocycles. The van der Waals surface area contributed by atoms with Gasteiger partial charge in [-0.05, 0) is 57.9 Å². The number of rotatable bonds is 8. The normalized spacial score (nSPS) is 32.4. The zero-order valence-corrected chi connectivity index (χ0v) is 21.2. The van der Waals surface area contributed by atoms with E-state index in [1.165, 1.54) is 30.7 Å². The number of carbonyl (C=O) groups is 2. The zero-order chi connectivity index (χ0) is 21.1. The molecule has 0 aromatic carbocycles. The number of nitrogens with zero attached hydrogens (tertiary/aromatic N) is 3. The van der Waals surface area contributed by atoms with Crippen molar-refractivity contribution in [2.75, 3.05) is 39.3 Å². The quantitative estimate of drug-likeness (QED) is 0.123. The molecule has 2 aliphatic heterocycles. The van der Waals surface area contributed by atoms with E-state index in [1.807, 2.05) is 6.92 Å². The van der Waals surface area contributed by atoms with E-state index in [9.17, 15) is 9.59 Å². The summed E-state index contributed by atoms with van der Waals surface area (Å²) in [7, 11) is 0. The number of imide groups is 1. The highest BCUT2D eigenvalue weighted by Gasteiger charge is 2.58. The molecule has 174 valence electrons. The minimum Gasteiger partial charge on any atom is -0.357 e. The highest BCUT2D eigenvalue weighted by molar-refractivity contribution is 14.0. The summed E-state index contributed by atoms with van der Waals surface area (Å²) in [5.41, 5.74) is 0. The van der Waals surface area contributed by atoms with Gasteiger partial charge in [0.05, 0.1) is 11.8 Å². The first-order valence-electron chi connectivity index (χ1n) is 11.9. The lowest BCUT2D eigenvalue weighted by atomic mass is 9.85. The van der Waals surface area contributed by atoms with Gasteiger partial charge in [-0.3, -0.25) is 19.5 Å². The molecular weight excluding hydrogens is 505 g/mol. The second-order valence-electron chi connectivity index (χ2n) is 9.25. The third-order valence-corrected chi connectivity index (χ3v) is 7.35. The summed E-state index contributed by atoms with van der Waals surface area (Å²) >= 11 is 0. The Balaban J connectivity index is 0.00000272. The standard InChI is InChI=1S/C23H37N5O2.HI/c1-3-24-23(25-10-6-13-27-12-5-4-7-16(27)2)26-11-14-28-21(29)19-17-8-9-18(15-17)20(19)22(28)30;/h8-9,16-20H,3-7,10-15H2,1-2H3,(H2,24,25,26);1H. The van der Waals surface area contributed by atoms with Crippen LogP contribution in [0.3, 0.4) is 0 Å². The summed E-state index contributed by atoms with van der Waals surface area (Å²) in [5, 5.41) is 6.57. The highest BCUT2D eigenvalue weighted by Crippen LogP contribution is 2.52. The van der Waals surface area contributed by atoms with Gasteiger partial charge in [0.25, 0.3) is 0 Å². The predicted octanol–water partition coefficient (Wildman–Crippen LogP) is 2.23. The minimum absolute atomic E-state index is 0. The van der Waals surface area contributed by atoms with Gasteiger partial charge in [-0.2, -0.15) is 0 Å². The van der Waals surface area contributed by atoms with Crippen LogP contribution in [0.1, 0.15) is 46.0 Å². The first-order chi connectivity index (χ1) is 14.6. The predicted molar refractivity (Wildman–Crippen MR) is 133 cm³/mol. The molecule has 0 radical (unpaired) electrons. The fraction of sp³-hybridized carbons (Fsp3) is 0.783. The fourth-order valence-electron chi connectivity index (χ4n) is 5.77. The Morgan fingerprint density at radius 2 is 1.81 bits per heavy atom. The number of carbonyl (C=O) groups excluding carboxylic acids is 2. The van der Waals surface area contributed by atoms with Gasteiger partial charge >= 0.3 is 0 Å². The first kappa shape index (κ1) is 24.5. The van der Waals surface area contributed by atoms with Crippen LogP contribution in [-0.4, -0.2) is 72.9 Å². The second kappa shape index (κ2) is 11.1. The number of guanidine groups is 1. The number of allylic oxidation sites excluding steroid dienone is 2. The van der Waals surface area contributed by atoms with E-state index in [2.05, 4.69) is 39.6 Å². The van der Waals surface area contributed by atoms with Gasteiger partial charge in [-0.25, -0.2) is 0 Å². The summed E-state index contributed by atoms with van der Waals surface area (Å²) in [6.07, 6.45) is 10.3. The van der Waals surface area contributed by atoms with E-state index < -0.39 is 0 Å². The fourth-order valence-corrected chi connectivity index (χ4v) is 5.77. The van der Waals surface area contributed by atoms with Crippen LogP contribution in [0.5, 0.6) is 0 Å². The molecule has 2 heterocycles. The van der Waals surface area contributed by atoms with Gasteiger partial charge in [0.15, 0.2) is 5.96 Å². The van der Waals surface area contributed by atoms with Crippen molar-refractivity contribution in [3.63, 3.8) is 0 Å². The molecule has 3 fully saturated rings. The van der Waals surface area contributed by atoms with Gasteiger partial charge in [0.1, 0.15) is 0 Å². The molecule has 2 bridgehead atoms. The highest BCUT2D eigenvalue weighted by atomic mass is 127. The number of aliphatic imine (C=N–C) groups is 1. The van der Waals surface area contributed by atoms with Crippen molar-refractivity contribution in [1.82, 2.24) is 20.4 Å². The third-order valence-electron chi connectivity index (χ3n) is 7.35. The molecule has 7 nitrogen and oxygen atoms in total. The number of piperidine rings is 1. The maximum atomic E-state index is 12.8. The molecule has 0 aromatic heterocycles. The monoisotopic (exact) mass is 543 g/mol. The lowest BCUT2D eigenvalue weighted by molar-refractivity contribution is -0.140. The SMILES string of the molecule is CCNC(=NCCCN1CCCCC1C)NCCN1C(=O)C2C3C=CC(C3)C2C1=O.I. The van der Waals surface area contributed by atoms with Gasteiger partial charge < -0.3 is 15.5 Å².